The Hall–Kier alpha value is -0.260. The molecule has 0 aromatic rings. The summed E-state index contributed by atoms with van der Waals surface area (Å²) in [5, 5.41) is 0. The first-order chi connectivity index (χ1) is 15.5. The Kier molecular flexibility index (Phi) is 23.7. The molecule has 0 spiro atoms. The molecule has 0 bridgehead atoms. The lowest BCUT2D eigenvalue weighted by Gasteiger charge is -2.19. The second kappa shape index (κ2) is 23.9. The molecule has 2 unspecified atom stereocenters. The molecule has 7 heteroatoms. The Balaban J connectivity index is 3.65. The first-order valence-corrected chi connectivity index (χ1v) is 14.2. The molecule has 0 aliphatic carbocycles. The average Bonchev–Trinajstić information content (AvgIpc) is 2.74. The summed E-state index contributed by atoms with van der Waals surface area (Å²) in [4.78, 5) is 23.3. The van der Waals surface area contributed by atoms with Crippen molar-refractivity contribution < 1.29 is 23.5 Å². The van der Waals surface area contributed by atoms with Crippen LogP contribution in [0.15, 0.2) is 0 Å². The summed E-state index contributed by atoms with van der Waals surface area (Å²) >= 11 is 0. The fraction of sp³-hybridized carbons (Fsp3) is 0.960. The maximum absolute atomic E-state index is 11.4. The lowest BCUT2D eigenvalue weighted by Crippen LogP contribution is -2.21. The molecule has 0 aromatic carbocycles. The average molecular weight is 478 g/mol. The standard InChI is InChI=1S/C25H52NO5P/c1-5-6-7-8-9-10-11-12-13-14-15-16-17-18-20-25(31-24(2)27)23-30-32(28)29-22-19-21-26(3)4/h25,28H,5-23H2,1-4H3. The predicted octanol–water partition coefficient (Wildman–Crippen LogP) is 6.99. The van der Waals surface area contributed by atoms with Gasteiger partial charge in [-0.25, -0.2) is 0 Å². The number of carbonyl (C=O) groups is 1. The van der Waals surface area contributed by atoms with Gasteiger partial charge in [0.05, 0.1) is 13.2 Å². The third-order valence-corrected chi connectivity index (χ3v) is 6.31. The summed E-state index contributed by atoms with van der Waals surface area (Å²) in [5.41, 5.74) is 0. The number of rotatable bonds is 24. The number of hydrogen-bond acceptors (Lipinski definition) is 6. The largest absolute Gasteiger partial charge is 0.460 e. The van der Waals surface area contributed by atoms with Gasteiger partial charge in [0.15, 0.2) is 0 Å². The summed E-state index contributed by atoms with van der Waals surface area (Å²) in [6, 6.07) is 0. The zero-order valence-electron chi connectivity index (χ0n) is 21.5. The molecule has 0 rings (SSSR count). The molecular formula is C25H52NO5P. The SMILES string of the molecule is CCCCCCCCCCCCCCCCC(COP(O)OCCCN(C)C)OC(C)=O. The van der Waals surface area contributed by atoms with E-state index in [1.54, 1.807) is 0 Å². The van der Waals surface area contributed by atoms with Crippen molar-refractivity contribution in [3.8, 4) is 0 Å². The molecule has 0 aromatic heterocycles. The van der Waals surface area contributed by atoms with Crippen LogP contribution in [0.1, 0.15) is 117 Å². The van der Waals surface area contributed by atoms with Gasteiger partial charge in [0.2, 0.25) is 0 Å². The van der Waals surface area contributed by atoms with E-state index >= 15 is 0 Å². The van der Waals surface area contributed by atoms with Crippen LogP contribution in [0.25, 0.3) is 0 Å². The van der Waals surface area contributed by atoms with Crippen molar-refractivity contribution in [2.45, 2.75) is 123 Å². The molecule has 2 atom stereocenters. The van der Waals surface area contributed by atoms with Gasteiger partial charge < -0.3 is 23.6 Å². The molecule has 0 radical (unpaired) electrons. The first-order valence-electron chi connectivity index (χ1n) is 13.0. The molecule has 0 aliphatic rings. The summed E-state index contributed by atoms with van der Waals surface area (Å²) in [6.07, 6.45) is 19.8. The van der Waals surface area contributed by atoms with Crippen molar-refractivity contribution in [3.63, 3.8) is 0 Å². The highest BCUT2D eigenvalue weighted by atomic mass is 31.2. The highest BCUT2D eigenvalue weighted by Crippen LogP contribution is 2.33. The van der Waals surface area contributed by atoms with Crippen molar-refractivity contribution >= 4 is 14.6 Å². The maximum atomic E-state index is 11.4. The smallest absolute Gasteiger partial charge is 0.329 e. The third kappa shape index (κ3) is 24.4. The number of nitrogens with zero attached hydrogens (tertiary/aromatic N) is 1. The molecule has 6 nitrogen and oxygen atoms in total. The minimum absolute atomic E-state index is 0.188. The van der Waals surface area contributed by atoms with Crippen molar-refractivity contribution in [3.05, 3.63) is 0 Å². The highest BCUT2D eigenvalue weighted by Gasteiger charge is 2.16. The molecule has 0 fully saturated rings. The molecule has 0 amide bonds. The summed E-state index contributed by atoms with van der Waals surface area (Å²) in [6.45, 7) is 5.23. The van der Waals surface area contributed by atoms with Crippen LogP contribution in [0.2, 0.25) is 0 Å². The van der Waals surface area contributed by atoms with Gasteiger partial charge >= 0.3 is 14.6 Å². The molecule has 0 saturated heterocycles. The van der Waals surface area contributed by atoms with Crippen LogP contribution in [0.5, 0.6) is 0 Å². The van der Waals surface area contributed by atoms with Crippen LogP contribution >= 0.6 is 8.60 Å². The van der Waals surface area contributed by atoms with Gasteiger partial charge in [-0.2, -0.15) is 0 Å². The highest BCUT2D eigenvalue weighted by molar-refractivity contribution is 7.40. The van der Waals surface area contributed by atoms with E-state index in [4.69, 9.17) is 13.8 Å². The van der Waals surface area contributed by atoms with Gasteiger partial charge in [-0.15, -0.1) is 0 Å². The van der Waals surface area contributed by atoms with Crippen LogP contribution in [0, 0.1) is 0 Å². The second-order valence-corrected chi connectivity index (χ2v) is 10.1. The van der Waals surface area contributed by atoms with Gasteiger partial charge in [0.25, 0.3) is 0 Å². The summed E-state index contributed by atoms with van der Waals surface area (Å²) in [7, 11) is 2.08. The summed E-state index contributed by atoms with van der Waals surface area (Å²) in [5.74, 6) is -0.307. The molecule has 0 heterocycles. The van der Waals surface area contributed by atoms with E-state index in [0.29, 0.717) is 6.61 Å². The minimum Gasteiger partial charge on any atom is -0.460 e. The second-order valence-electron chi connectivity index (χ2n) is 9.14. The lowest BCUT2D eigenvalue weighted by atomic mass is 10.0. The van der Waals surface area contributed by atoms with Gasteiger partial charge in [-0.1, -0.05) is 90.4 Å². The van der Waals surface area contributed by atoms with Crippen molar-refractivity contribution in [2.75, 3.05) is 33.9 Å². The zero-order valence-corrected chi connectivity index (χ0v) is 22.4. The van der Waals surface area contributed by atoms with E-state index in [0.717, 1.165) is 32.2 Å². The van der Waals surface area contributed by atoms with Crippen LogP contribution in [-0.4, -0.2) is 55.7 Å². The molecule has 0 saturated carbocycles. The van der Waals surface area contributed by atoms with Gasteiger partial charge in [-0.3, -0.25) is 4.79 Å². The van der Waals surface area contributed by atoms with Gasteiger partial charge in [-0.05, 0) is 39.9 Å². The van der Waals surface area contributed by atoms with E-state index in [2.05, 4.69) is 11.8 Å². The Labute approximate surface area is 199 Å². The van der Waals surface area contributed by atoms with E-state index in [1.807, 2.05) is 14.1 Å². The Morgan fingerprint density at radius 3 is 1.78 bits per heavy atom. The quantitative estimate of drug-likeness (QED) is 0.0917. The fourth-order valence-corrected chi connectivity index (χ4v) is 4.34. The van der Waals surface area contributed by atoms with Crippen LogP contribution in [-0.2, 0) is 18.6 Å². The molecule has 32 heavy (non-hydrogen) atoms. The Morgan fingerprint density at radius 2 is 1.31 bits per heavy atom. The van der Waals surface area contributed by atoms with E-state index in [9.17, 15) is 9.69 Å². The predicted molar refractivity (Wildman–Crippen MR) is 135 cm³/mol. The number of esters is 1. The number of hydrogen-bond donors (Lipinski definition) is 1. The normalized spacial score (nSPS) is 13.4. The maximum Gasteiger partial charge on any atom is 0.329 e. The van der Waals surface area contributed by atoms with Crippen molar-refractivity contribution in [1.29, 1.82) is 0 Å². The monoisotopic (exact) mass is 477 g/mol. The van der Waals surface area contributed by atoms with Gasteiger partial charge in [0, 0.05) is 6.92 Å². The van der Waals surface area contributed by atoms with Gasteiger partial charge in [0.1, 0.15) is 6.10 Å². The molecule has 0 aliphatic heterocycles. The molecule has 192 valence electrons. The van der Waals surface area contributed by atoms with E-state index in [-0.39, 0.29) is 18.7 Å². The van der Waals surface area contributed by atoms with Crippen molar-refractivity contribution in [2.24, 2.45) is 0 Å². The Morgan fingerprint density at radius 1 is 0.812 bits per heavy atom. The minimum atomic E-state index is -1.92. The lowest BCUT2D eigenvalue weighted by molar-refractivity contribution is -0.148. The number of unbranched alkanes of at least 4 members (excludes halogenated alkanes) is 13. The Bertz CT molecular complexity index is 412. The third-order valence-electron chi connectivity index (χ3n) is 5.53. The fourth-order valence-electron chi connectivity index (χ4n) is 3.69. The number of ether oxygens (including phenoxy) is 1. The molecular weight excluding hydrogens is 425 g/mol. The van der Waals surface area contributed by atoms with Crippen molar-refractivity contribution in [1.82, 2.24) is 4.90 Å². The zero-order chi connectivity index (χ0) is 23.9. The first kappa shape index (κ1) is 31.7. The van der Waals surface area contributed by atoms with E-state index in [1.165, 1.54) is 84.0 Å². The molecule has 1 N–H and O–H groups in total. The van der Waals surface area contributed by atoms with Crippen LogP contribution < -0.4 is 0 Å². The van der Waals surface area contributed by atoms with Crippen LogP contribution in [0.4, 0.5) is 0 Å². The van der Waals surface area contributed by atoms with Crippen LogP contribution in [0.3, 0.4) is 0 Å². The summed E-state index contributed by atoms with van der Waals surface area (Å²) < 4.78 is 16.0. The van der Waals surface area contributed by atoms with E-state index < -0.39 is 8.60 Å². The number of carbonyl (C=O) groups excluding carboxylic acids is 1. The topological polar surface area (TPSA) is 68.2 Å².